The van der Waals surface area contributed by atoms with E-state index in [9.17, 15) is 8.42 Å². The van der Waals surface area contributed by atoms with Crippen LogP contribution in [0.1, 0.15) is 4.88 Å². The van der Waals surface area contributed by atoms with E-state index in [1.165, 1.54) is 0 Å². The molecule has 0 unspecified atom stereocenters. The number of benzene rings is 2. The van der Waals surface area contributed by atoms with Gasteiger partial charge in [0.2, 0.25) is 0 Å². The summed E-state index contributed by atoms with van der Waals surface area (Å²) in [5.74, 6) is 0.627. The van der Waals surface area contributed by atoms with Gasteiger partial charge in [0.05, 0.1) is 16.1 Å². The van der Waals surface area contributed by atoms with E-state index in [4.69, 9.17) is 0 Å². The molecule has 1 heterocycles. The van der Waals surface area contributed by atoms with Gasteiger partial charge in [-0.2, -0.15) is 12.6 Å². The second-order valence-corrected chi connectivity index (χ2v) is 7.72. The van der Waals surface area contributed by atoms with Crippen molar-refractivity contribution in [1.82, 2.24) is 4.98 Å². The Balaban J connectivity index is 1.83. The largest absolute Gasteiger partial charge is 0.280 e. The van der Waals surface area contributed by atoms with Crippen LogP contribution >= 0.6 is 24.0 Å². The number of nitrogens with one attached hydrogen (secondary N) is 1. The summed E-state index contributed by atoms with van der Waals surface area (Å²) in [5, 5.41) is 0. The van der Waals surface area contributed by atoms with Crippen LogP contribution in [-0.2, 0) is 15.8 Å². The molecule has 7 heteroatoms. The summed E-state index contributed by atoms with van der Waals surface area (Å²) in [6.07, 6.45) is 0. The van der Waals surface area contributed by atoms with Gasteiger partial charge in [-0.25, -0.2) is 13.4 Å². The first-order valence-electron chi connectivity index (χ1n) is 6.82. The Hall–Kier alpha value is -1.83. The summed E-state index contributed by atoms with van der Waals surface area (Å²) in [4.78, 5) is 5.67. The van der Waals surface area contributed by atoms with Gasteiger partial charge in [-0.3, -0.25) is 4.72 Å². The highest BCUT2D eigenvalue weighted by Crippen LogP contribution is 2.28. The molecule has 0 fully saturated rings. The second-order valence-electron chi connectivity index (χ2n) is 4.78. The fourth-order valence-corrected chi connectivity index (χ4v) is 4.22. The third-order valence-corrected chi connectivity index (χ3v) is 6.01. The van der Waals surface area contributed by atoms with Gasteiger partial charge in [-0.05, 0) is 24.3 Å². The van der Waals surface area contributed by atoms with Crippen LogP contribution in [0.3, 0.4) is 0 Å². The zero-order valence-corrected chi connectivity index (χ0v) is 14.5. The number of thiazole rings is 1. The lowest BCUT2D eigenvalue weighted by Gasteiger charge is -2.08. The van der Waals surface area contributed by atoms with E-state index in [-0.39, 0.29) is 4.90 Å². The van der Waals surface area contributed by atoms with Crippen LogP contribution in [0.4, 0.5) is 5.69 Å². The van der Waals surface area contributed by atoms with E-state index in [0.29, 0.717) is 11.4 Å². The van der Waals surface area contributed by atoms with Gasteiger partial charge in [-0.1, -0.05) is 30.3 Å². The monoisotopic (exact) mass is 362 g/mol. The minimum absolute atomic E-state index is 0.237. The minimum atomic E-state index is -3.57. The summed E-state index contributed by atoms with van der Waals surface area (Å²) < 4.78 is 27.1. The molecular formula is C16H14N2O2S3. The molecule has 3 aromatic rings. The maximum absolute atomic E-state index is 12.3. The van der Waals surface area contributed by atoms with Crippen LogP contribution < -0.4 is 4.72 Å². The molecule has 0 saturated heterocycles. The number of hydrogen-bond acceptors (Lipinski definition) is 5. The van der Waals surface area contributed by atoms with Crippen molar-refractivity contribution in [1.29, 1.82) is 0 Å². The molecule has 23 heavy (non-hydrogen) atoms. The van der Waals surface area contributed by atoms with Crippen LogP contribution in [0.15, 0.2) is 65.0 Å². The van der Waals surface area contributed by atoms with Crippen molar-refractivity contribution in [3.05, 3.63) is 65.0 Å². The summed E-state index contributed by atoms with van der Waals surface area (Å²) >= 11 is 5.85. The first-order valence-corrected chi connectivity index (χ1v) is 9.81. The summed E-state index contributed by atoms with van der Waals surface area (Å²) in [6.45, 7) is 0. The lowest BCUT2D eigenvalue weighted by atomic mass is 10.1. The molecule has 0 atom stereocenters. The van der Waals surface area contributed by atoms with Crippen LogP contribution in [0.2, 0.25) is 0 Å². The Morgan fingerprint density at radius 3 is 2.39 bits per heavy atom. The van der Waals surface area contributed by atoms with Crippen LogP contribution in [0.5, 0.6) is 0 Å². The van der Waals surface area contributed by atoms with Crippen LogP contribution in [0.25, 0.3) is 11.3 Å². The van der Waals surface area contributed by atoms with Gasteiger partial charge in [-0.15, -0.1) is 11.3 Å². The number of aromatic nitrogens is 1. The molecule has 118 valence electrons. The molecular weight excluding hydrogens is 348 g/mol. The molecule has 1 N–H and O–H groups in total. The van der Waals surface area contributed by atoms with Gasteiger partial charge < -0.3 is 0 Å². The molecule has 0 spiro atoms. The van der Waals surface area contributed by atoms with E-state index in [0.717, 1.165) is 16.1 Å². The number of hydrogen-bond donors (Lipinski definition) is 2. The molecule has 0 radical (unpaired) electrons. The average molecular weight is 363 g/mol. The Morgan fingerprint density at radius 1 is 1.04 bits per heavy atom. The molecule has 4 nitrogen and oxygen atoms in total. The van der Waals surface area contributed by atoms with Crippen molar-refractivity contribution in [2.24, 2.45) is 0 Å². The maximum atomic E-state index is 12.3. The highest BCUT2D eigenvalue weighted by atomic mass is 32.2. The molecule has 1 aromatic heterocycles. The molecule has 3 rings (SSSR count). The number of rotatable bonds is 5. The van der Waals surface area contributed by atoms with Gasteiger partial charge in [0.25, 0.3) is 10.0 Å². The van der Waals surface area contributed by atoms with Crippen molar-refractivity contribution in [3.8, 4) is 11.3 Å². The summed E-state index contributed by atoms with van der Waals surface area (Å²) in [5.41, 5.74) is 4.13. The molecule has 0 aliphatic rings. The first kappa shape index (κ1) is 16.0. The number of anilines is 1. The molecule has 0 aliphatic heterocycles. The summed E-state index contributed by atoms with van der Waals surface area (Å²) in [6, 6.07) is 15.5. The average Bonchev–Trinajstić information content (AvgIpc) is 3.05. The fraction of sp³-hybridized carbons (Fsp3) is 0.0625. The third-order valence-electron chi connectivity index (χ3n) is 3.25. The van der Waals surface area contributed by atoms with Crippen molar-refractivity contribution in [3.63, 3.8) is 0 Å². The third kappa shape index (κ3) is 3.57. The van der Waals surface area contributed by atoms with Crippen LogP contribution in [0, 0.1) is 0 Å². The summed E-state index contributed by atoms with van der Waals surface area (Å²) in [7, 11) is -3.57. The van der Waals surface area contributed by atoms with E-state index < -0.39 is 10.0 Å². The lowest BCUT2D eigenvalue weighted by molar-refractivity contribution is 0.601. The zero-order valence-electron chi connectivity index (χ0n) is 12.0. The maximum Gasteiger partial charge on any atom is 0.261 e. The highest BCUT2D eigenvalue weighted by Gasteiger charge is 2.14. The van der Waals surface area contributed by atoms with E-state index in [1.54, 1.807) is 59.3 Å². The van der Waals surface area contributed by atoms with Gasteiger partial charge in [0.15, 0.2) is 0 Å². The minimum Gasteiger partial charge on any atom is -0.280 e. The van der Waals surface area contributed by atoms with Gasteiger partial charge in [0, 0.05) is 21.9 Å². The van der Waals surface area contributed by atoms with Crippen molar-refractivity contribution >= 4 is 39.7 Å². The number of thiol groups is 1. The molecule has 2 aromatic carbocycles. The van der Waals surface area contributed by atoms with Crippen molar-refractivity contribution in [2.75, 3.05) is 4.72 Å². The van der Waals surface area contributed by atoms with Gasteiger partial charge >= 0.3 is 0 Å². The Bertz CT molecular complexity index is 889. The lowest BCUT2D eigenvalue weighted by Crippen LogP contribution is -2.12. The number of sulfonamides is 1. The Kier molecular flexibility index (Phi) is 4.70. The zero-order chi connectivity index (χ0) is 16.3. The fourth-order valence-electron chi connectivity index (χ4n) is 2.13. The molecule has 0 aliphatic carbocycles. The topological polar surface area (TPSA) is 59.1 Å². The Labute approximate surface area is 144 Å². The normalized spacial score (nSPS) is 11.3. The smallest absolute Gasteiger partial charge is 0.261 e. The van der Waals surface area contributed by atoms with Gasteiger partial charge in [0.1, 0.15) is 0 Å². The van der Waals surface area contributed by atoms with Crippen molar-refractivity contribution in [2.45, 2.75) is 10.6 Å². The van der Waals surface area contributed by atoms with E-state index in [2.05, 4.69) is 22.3 Å². The standard InChI is InChI=1S/C16H14N2O2S3/c19-23(20,14-4-2-1-3-5-14)18-13-8-6-12(7-9-13)16-15(10-21)22-11-17-16/h1-9,11,18,21H,10H2. The molecule has 0 bridgehead atoms. The van der Waals surface area contributed by atoms with Crippen LogP contribution in [-0.4, -0.2) is 13.4 Å². The van der Waals surface area contributed by atoms with Crippen molar-refractivity contribution < 1.29 is 8.42 Å². The first-order chi connectivity index (χ1) is 11.1. The Morgan fingerprint density at radius 2 is 1.74 bits per heavy atom. The molecule has 0 amide bonds. The highest BCUT2D eigenvalue weighted by molar-refractivity contribution is 7.92. The SMILES string of the molecule is O=S(=O)(Nc1ccc(-c2ncsc2CS)cc1)c1ccccc1. The van der Waals surface area contributed by atoms with E-state index in [1.807, 2.05) is 12.1 Å². The second kappa shape index (κ2) is 6.74. The quantitative estimate of drug-likeness (QED) is 0.674. The number of nitrogens with zero attached hydrogens (tertiary/aromatic N) is 1. The molecule has 0 saturated carbocycles. The van der Waals surface area contributed by atoms with E-state index >= 15 is 0 Å². The predicted octanol–water partition coefficient (Wildman–Crippen LogP) is 4.04. The predicted molar refractivity (Wildman–Crippen MR) is 97.5 cm³/mol.